The predicted octanol–water partition coefficient (Wildman–Crippen LogP) is 3.79. The van der Waals surface area contributed by atoms with Crippen LogP contribution in [-0.2, 0) is 16.6 Å². The minimum Gasteiger partial charge on any atom is -0.444 e. The number of nitrogens with one attached hydrogen (secondary N) is 1. The van der Waals surface area contributed by atoms with Gasteiger partial charge in [0.1, 0.15) is 11.3 Å². The maximum Gasteiger partial charge on any atom is 0.343 e. The molecule has 3 aromatic rings. The Balaban J connectivity index is 1.94. The van der Waals surface area contributed by atoms with Crippen LogP contribution in [0.25, 0.3) is 0 Å². The Morgan fingerprint density at radius 1 is 1.13 bits per heavy atom. The summed E-state index contributed by atoms with van der Waals surface area (Å²) in [7, 11) is 1.71. The van der Waals surface area contributed by atoms with Crippen molar-refractivity contribution >= 4 is 23.3 Å². The number of amides is 1. The number of benzene rings is 2. The SMILES string of the molecule is Cc1ccc(NC(=O)[C@@H](OC(=O)c2c(C)nn(C)c2C)c2ccccc2)c([N+](=O)[O-])c1. The first kappa shape index (κ1) is 21.7. The second kappa shape index (κ2) is 8.78. The van der Waals surface area contributed by atoms with E-state index < -0.39 is 22.9 Å². The van der Waals surface area contributed by atoms with Crippen molar-refractivity contribution in [1.29, 1.82) is 0 Å². The minimum absolute atomic E-state index is 0.0197. The number of nitro benzene ring substituents is 1. The molecule has 0 aliphatic carbocycles. The van der Waals surface area contributed by atoms with Crippen LogP contribution >= 0.6 is 0 Å². The van der Waals surface area contributed by atoms with Crippen LogP contribution in [-0.4, -0.2) is 26.6 Å². The average Bonchev–Trinajstić information content (AvgIpc) is 2.99. The summed E-state index contributed by atoms with van der Waals surface area (Å²) in [6.45, 7) is 5.12. The highest BCUT2D eigenvalue weighted by atomic mass is 16.6. The van der Waals surface area contributed by atoms with E-state index in [2.05, 4.69) is 10.4 Å². The molecule has 31 heavy (non-hydrogen) atoms. The van der Waals surface area contributed by atoms with Crippen LogP contribution in [0.1, 0.15) is 39.0 Å². The van der Waals surface area contributed by atoms with Gasteiger partial charge in [-0.05, 0) is 32.4 Å². The lowest BCUT2D eigenvalue weighted by atomic mass is 10.1. The van der Waals surface area contributed by atoms with Gasteiger partial charge in [0.2, 0.25) is 6.10 Å². The molecule has 9 nitrogen and oxygen atoms in total. The van der Waals surface area contributed by atoms with Crippen molar-refractivity contribution in [1.82, 2.24) is 9.78 Å². The van der Waals surface area contributed by atoms with Crippen molar-refractivity contribution in [2.45, 2.75) is 26.9 Å². The molecule has 1 amide bonds. The standard InChI is InChI=1S/C22H22N4O5/c1-13-10-11-17(18(12-13)26(29)30)23-21(27)20(16-8-6-5-7-9-16)31-22(28)19-14(2)24-25(4)15(19)3/h5-12,20H,1-4H3,(H,23,27)/t20-/m0/s1. The van der Waals surface area contributed by atoms with Gasteiger partial charge in [-0.2, -0.15) is 5.10 Å². The van der Waals surface area contributed by atoms with E-state index in [-0.39, 0.29) is 16.9 Å². The number of rotatable bonds is 6. The number of aromatic nitrogens is 2. The van der Waals surface area contributed by atoms with E-state index in [1.54, 1.807) is 68.9 Å². The Morgan fingerprint density at radius 2 is 1.81 bits per heavy atom. The molecule has 1 heterocycles. The third kappa shape index (κ3) is 4.61. The molecule has 0 bridgehead atoms. The van der Waals surface area contributed by atoms with Crippen molar-refractivity contribution in [2.24, 2.45) is 7.05 Å². The van der Waals surface area contributed by atoms with Gasteiger partial charge in [-0.15, -0.1) is 0 Å². The van der Waals surface area contributed by atoms with Crippen LogP contribution in [0.3, 0.4) is 0 Å². The zero-order valence-corrected chi connectivity index (χ0v) is 17.6. The summed E-state index contributed by atoms with van der Waals surface area (Å²) in [5.74, 6) is -1.41. The molecule has 2 aromatic carbocycles. The number of hydrogen-bond donors (Lipinski definition) is 1. The normalized spacial score (nSPS) is 11.6. The number of anilines is 1. The molecule has 0 radical (unpaired) electrons. The quantitative estimate of drug-likeness (QED) is 0.367. The zero-order chi connectivity index (χ0) is 22.7. The molecular weight excluding hydrogens is 400 g/mol. The predicted molar refractivity (Wildman–Crippen MR) is 114 cm³/mol. The van der Waals surface area contributed by atoms with Gasteiger partial charge in [-0.1, -0.05) is 36.4 Å². The Hall–Kier alpha value is -4.01. The van der Waals surface area contributed by atoms with Gasteiger partial charge in [0.05, 0.1) is 10.6 Å². The summed E-state index contributed by atoms with van der Waals surface area (Å²) in [5.41, 5.74) is 2.24. The number of carbonyl (C=O) groups excluding carboxylic acids is 2. The molecule has 1 N–H and O–H groups in total. The van der Waals surface area contributed by atoms with Gasteiger partial charge in [0.15, 0.2) is 0 Å². The Bertz CT molecular complexity index is 1150. The molecule has 0 saturated heterocycles. The van der Waals surface area contributed by atoms with Crippen molar-refractivity contribution in [3.8, 4) is 0 Å². The largest absolute Gasteiger partial charge is 0.444 e. The molecule has 3 rings (SSSR count). The molecule has 1 aromatic heterocycles. The molecule has 0 aliphatic heterocycles. The van der Waals surface area contributed by atoms with E-state index in [1.165, 1.54) is 12.1 Å². The van der Waals surface area contributed by atoms with E-state index in [0.29, 0.717) is 22.5 Å². The highest BCUT2D eigenvalue weighted by molar-refractivity contribution is 6.00. The fourth-order valence-corrected chi connectivity index (χ4v) is 3.23. The number of nitrogens with zero attached hydrogens (tertiary/aromatic N) is 3. The lowest BCUT2D eigenvalue weighted by Crippen LogP contribution is -2.26. The summed E-state index contributed by atoms with van der Waals surface area (Å²) >= 11 is 0. The molecule has 0 fully saturated rings. The van der Waals surface area contributed by atoms with Gasteiger partial charge >= 0.3 is 5.97 Å². The molecule has 0 spiro atoms. The maximum atomic E-state index is 13.1. The Labute approximate surface area is 178 Å². The molecular formula is C22H22N4O5. The maximum absolute atomic E-state index is 13.1. The second-order valence-corrected chi connectivity index (χ2v) is 7.13. The molecule has 0 saturated carbocycles. The van der Waals surface area contributed by atoms with E-state index in [9.17, 15) is 19.7 Å². The lowest BCUT2D eigenvalue weighted by Gasteiger charge is -2.18. The lowest BCUT2D eigenvalue weighted by molar-refractivity contribution is -0.384. The molecule has 0 unspecified atom stereocenters. The summed E-state index contributed by atoms with van der Waals surface area (Å²) in [6.07, 6.45) is -1.31. The van der Waals surface area contributed by atoms with Gasteiger partial charge < -0.3 is 10.1 Å². The number of hydrogen-bond acceptors (Lipinski definition) is 6. The van der Waals surface area contributed by atoms with Crippen LogP contribution in [0.2, 0.25) is 0 Å². The van der Waals surface area contributed by atoms with Crippen LogP contribution in [0.15, 0.2) is 48.5 Å². The smallest absolute Gasteiger partial charge is 0.343 e. The van der Waals surface area contributed by atoms with E-state index >= 15 is 0 Å². The number of carbonyl (C=O) groups is 2. The van der Waals surface area contributed by atoms with Crippen LogP contribution in [0, 0.1) is 30.9 Å². The van der Waals surface area contributed by atoms with Crippen LogP contribution < -0.4 is 5.32 Å². The number of ether oxygens (including phenoxy) is 1. The fraction of sp³-hybridized carbons (Fsp3) is 0.227. The summed E-state index contributed by atoms with van der Waals surface area (Å²) in [5, 5.41) is 18.1. The van der Waals surface area contributed by atoms with E-state index in [4.69, 9.17) is 4.74 Å². The highest BCUT2D eigenvalue weighted by Gasteiger charge is 2.30. The monoisotopic (exact) mass is 422 g/mol. The first-order valence-electron chi connectivity index (χ1n) is 9.51. The summed E-state index contributed by atoms with van der Waals surface area (Å²) in [6, 6.07) is 12.9. The topological polar surface area (TPSA) is 116 Å². The number of aryl methyl sites for hydroxylation is 3. The zero-order valence-electron chi connectivity index (χ0n) is 17.6. The van der Waals surface area contributed by atoms with Gasteiger partial charge in [-0.25, -0.2) is 4.79 Å². The third-order valence-electron chi connectivity index (χ3n) is 4.89. The first-order valence-corrected chi connectivity index (χ1v) is 9.51. The van der Waals surface area contributed by atoms with Crippen molar-refractivity contribution in [2.75, 3.05) is 5.32 Å². The van der Waals surface area contributed by atoms with E-state index in [0.717, 1.165) is 0 Å². The third-order valence-corrected chi connectivity index (χ3v) is 4.89. The summed E-state index contributed by atoms with van der Waals surface area (Å²) in [4.78, 5) is 36.8. The molecule has 1 atom stereocenters. The molecule has 160 valence electrons. The van der Waals surface area contributed by atoms with Crippen LogP contribution in [0.4, 0.5) is 11.4 Å². The minimum atomic E-state index is -1.31. The van der Waals surface area contributed by atoms with Gasteiger partial charge in [-0.3, -0.25) is 19.6 Å². The first-order chi connectivity index (χ1) is 14.7. The van der Waals surface area contributed by atoms with Crippen molar-refractivity contribution < 1.29 is 19.2 Å². The highest BCUT2D eigenvalue weighted by Crippen LogP contribution is 2.28. The summed E-state index contributed by atoms with van der Waals surface area (Å²) < 4.78 is 7.14. The van der Waals surface area contributed by atoms with Gasteiger partial charge in [0.25, 0.3) is 11.6 Å². The van der Waals surface area contributed by atoms with E-state index in [1.807, 2.05) is 0 Å². The molecule has 9 heteroatoms. The Morgan fingerprint density at radius 3 is 2.39 bits per heavy atom. The second-order valence-electron chi connectivity index (χ2n) is 7.13. The fourth-order valence-electron chi connectivity index (χ4n) is 3.23. The molecule has 0 aliphatic rings. The van der Waals surface area contributed by atoms with Gasteiger partial charge in [0, 0.05) is 24.4 Å². The Kier molecular flexibility index (Phi) is 6.15. The van der Waals surface area contributed by atoms with Crippen molar-refractivity contribution in [3.05, 3.63) is 86.7 Å². The van der Waals surface area contributed by atoms with Crippen molar-refractivity contribution in [3.63, 3.8) is 0 Å². The average molecular weight is 422 g/mol. The van der Waals surface area contributed by atoms with Crippen LogP contribution in [0.5, 0.6) is 0 Å². The number of nitro groups is 1. The number of esters is 1.